The van der Waals surface area contributed by atoms with Crippen LogP contribution in [0, 0.1) is 0 Å². The number of hydrogen-bond acceptors (Lipinski definition) is 3. The van der Waals surface area contributed by atoms with Crippen molar-refractivity contribution >= 4 is 16.7 Å². The number of carbonyl (C=O) groups is 1. The Morgan fingerprint density at radius 3 is 2.55 bits per heavy atom. The first-order chi connectivity index (χ1) is 9.84. The highest BCUT2D eigenvalue weighted by atomic mass is 16.5. The van der Waals surface area contributed by atoms with Crippen LogP contribution < -0.4 is 0 Å². The van der Waals surface area contributed by atoms with Crippen LogP contribution in [-0.4, -0.2) is 11.0 Å². The minimum absolute atomic E-state index is 0.255. The number of carbonyl (C=O) groups excluding carboxylic acids is 1. The molecule has 0 fully saturated rings. The maximum absolute atomic E-state index is 12.1. The molecular weight excluding hydrogens is 250 g/mol. The SMILES string of the molecule is O=C(OCc1ccccc1)c1nccc2ccccc12. The van der Waals surface area contributed by atoms with E-state index in [9.17, 15) is 4.79 Å². The summed E-state index contributed by atoms with van der Waals surface area (Å²) in [4.78, 5) is 16.3. The Labute approximate surface area is 116 Å². The van der Waals surface area contributed by atoms with Crippen LogP contribution in [0.25, 0.3) is 10.8 Å². The van der Waals surface area contributed by atoms with Gasteiger partial charge in [-0.15, -0.1) is 0 Å². The van der Waals surface area contributed by atoms with Crippen LogP contribution >= 0.6 is 0 Å². The van der Waals surface area contributed by atoms with E-state index < -0.39 is 5.97 Å². The highest BCUT2D eigenvalue weighted by Crippen LogP contribution is 2.17. The predicted molar refractivity (Wildman–Crippen MR) is 77.3 cm³/mol. The van der Waals surface area contributed by atoms with Crippen molar-refractivity contribution in [2.24, 2.45) is 0 Å². The second kappa shape index (κ2) is 5.53. The van der Waals surface area contributed by atoms with Gasteiger partial charge in [0.1, 0.15) is 6.61 Å². The summed E-state index contributed by atoms with van der Waals surface area (Å²) in [5, 5.41) is 1.79. The van der Waals surface area contributed by atoms with Gasteiger partial charge in [0, 0.05) is 11.6 Å². The second-order valence-corrected chi connectivity index (χ2v) is 4.44. The molecule has 0 radical (unpaired) electrons. The molecule has 2 aromatic carbocycles. The van der Waals surface area contributed by atoms with Gasteiger partial charge in [0.25, 0.3) is 0 Å². The molecule has 1 aromatic heterocycles. The molecule has 1 heterocycles. The van der Waals surface area contributed by atoms with Crippen molar-refractivity contribution in [3.8, 4) is 0 Å². The molecule has 0 bridgehead atoms. The Hall–Kier alpha value is -2.68. The Balaban J connectivity index is 1.82. The summed E-state index contributed by atoms with van der Waals surface area (Å²) < 4.78 is 5.32. The Kier molecular flexibility index (Phi) is 3.42. The van der Waals surface area contributed by atoms with E-state index in [0.29, 0.717) is 5.69 Å². The van der Waals surface area contributed by atoms with E-state index in [1.165, 1.54) is 0 Å². The molecule has 20 heavy (non-hydrogen) atoms. The van der Waals surface area contributed by atoms with E-state index in [-0.39, 0.29) is 6.61 Å². The van der Waals surface area contributed by atoms with Crippen LogP contribution in [0.2, 0.25) is 0 Å². The molecule has 3 rings (SSSR count). The van der Waals surface area contributed by atoms with Gasteiger partial charge in [-0.05, 0) is 17.0 Å². The molecule has 0 saturated heterocycles. The summed E-state index contributed by atoms with van der Waals surface area (Å²) in [6.07, 6.45) is 1.63. The van der Waals surface area contributed by atoms with Crippen molar-refractivity contribution < 1.29 is 9.53 Å². The molecule has 0 amide bonds. The van der Waals surface area contributed by atoms with Crippen molar-refractivity contribution in [3.05, 3.63) is 78.1 Å². The summed E-state index contributed by atoms with van der Waals surface area (Å²) in [7, 11) is 0. The monoisotopic (exact) mass is 263 g/mol. The van der Waals surface area contributed by atoms with Crippen LogP contribution in [-0.2, 0) is 11.3 Å². The first kappa shape index (κ1) is 12.4. The van der Waals surface area contributed by atoms with Crippen molar-refractivity contribution in [1.29, 1.82) is 0 Å². The molecule has 0 unspecified atom stereocenters. The number of esters is 1. The van der Waals surface area contributed by atoms with E-state index in [4.69, 9.17) is 4.74 Å². The lowest BCUT2D eigenvalue weighted by molar-refractivity contribution is 0.0468. The van der Waals surface area contributed by atoms with Gasteiger partial charge in [-0.25, -0.2) is 9.78 Å². The van der Waals surface area contributed by atoms with Gasteiger partial charge >= 0.3 is 5.97 Å². The van der Waals surface area contributed by atoms with Gasteiger partial charge in [-0.2, -0.15) is 0 Å². The Bertz CT molecular complexity index is 733. The summed E-state index contributed by atoms with van der Waals surface area (Å²) >= 11 is 0. The summed E-state index contributed by atoms with van der Waals surface area (Å²) in [6, 6.07) is 19.1. The molecule has 98 valence electrons. The van der Waals surface area contributed by atoms with Crippen molar-refractivity contribution in [2.45, 2.75) is 6.61 Å². The summed E-state index contributed by atoms with van der Waals surface area (Å²) in [5.74, 6) is -0.398. The fourth-order valence-corrected chi connectivity index (χ4v) is 2.07. The first-order valence-electron chi connectivity index (χ1n) is 6.39. The predicted octanol–water partition coefficient (Wildman–Crippen LogP) is 3.59. The summed E-state index contributed by atoms with van der Waals surface area (Å²) in [6.45, 7) is 0.255. The third-order valence-corrected chi connectivity index (χ3v) is 3.08. The molecule has 3 nitrogen and oxygen atoms in total. The number of benzene rings is 2. The topological polar surface area (TPSA) is 39.2 Å². The minimum Gasteiger partial charge on any atom is -0.456 e. The van der Waals surface area contributed by atoms with Crippen LogP contribution in [0.1, 0.15) is 16.1 Å². The minimum atomic E-state index is -0.398. The fraction of sp³-hybridized carbons (Fsp3) is 0.0588. The summed E-state index contributed by atoms with van der Waals surface area (Å²) in [5.41, 5.74) is 1.32. The number of aromatic nitrogens is 1. The van der Waals surface area contributed by atoms with Crippen LogP contribution in [0.4, 0.5) is 0 Å². The molecule has 0 aliphatic carbocycles. The maximum atomic E-state index is 12.1. The molecule has 3 aromatic rings. The molecular formula is C17H13NO2. The first-order valence-corrected chi connectivity index (χ1v) is 6.39. The van der Waals surface area contributed by atoms with E-state index in [0.717, 1.165) is 16.3 Å². The van der Waals surface area contributed by atoms with Gasteiger partial charge < -0.3 is 4.74 Å². The maximum Gasteiger partial charge on any atom is 0.357 e. The van der Waals surface area contributed by atoms with Crippen molar-refractivity contribution in [3.63, 3.8) is 0 Å². The van der Waals surface area contributed by atoms with E-state index in [1.54, 1.807) is 6.20 Å². The Morgan fingerprint density at radius 1 is 0.950 bits per heavy atom. The largest absolute Gasteiger partial charge is 0.456 e. The van der Waals surface area contributed by atoms with Crippen molar-refractivity contribution in [1.82, 2.24) is 4.98 Å². The molecule has 0 saturated carbocycles. The smallest absolute Gasteiger partial charge is 0.357 e. The van der Waals surface area contributed by atoms with E-state index in [1.807, 2.05) is 60.7 Å². The van der Waals surface area contributed by atoms with Crippen LogP contribution in [0.15, 0.2) is 66.9 Å². The molecule has 3 heteroatoms. The number of nitrogens with zero attached hydrogens (tertiary/aromatic N) is 1. The fourth-order valence-electron chi connectivity index (χ4n) is 2.07. The lowest BCUT2D eigenvalue weighted by atomic mass is 10.1. The molecule has 0 aliphatic rings. The number of ether oxygens (including phenoxy) is 1. The highest BCUT2D eigenvalue weighted by molar-refractivity contribution is 6.02. The Morgan fingerprint density at radius 2 is 1.70 bits per heavy atom. The number of fused-ring (bicyclic) bond motifs is 1. The van der Waals surface area contributed by atoms with Gasteiger partial charge in [-0.1, -0.05) is 54.6 Å². The van der Waals surface area contributed by atoms with Crippen molar-refractivity contribution in [2.75, 3.05) is 0 Å². The zero-order valence-electron chi connectivity index (χ0n) is 10.8. The standard InChI is InChI=1S/C17H13NO2/c19-17(20-12-13-6-2-1-3-7-13)16-15-9-5-4-8-14(15)10-11-18-16/h1-11H,12H2. The van der Waals surface area contributed by atoms with Gasteiger partial charge in [0.15, 0.2) is 5.69 Å². The molecule has 0 atom stereocenters. The number of rotatable bonds is 3. The third kappa shape index (κ3) is 2.52. The molecule has 0 spiro atoms. The third-order valence-electron chi connectivity index (χ3n) is 3.08. The van der Waals surface area contributed by atoms with Gasteiger partial charge in [0.05, 0.1) is 0 Å². The lowest BCUT2D eigenvalue weighted by Gasteiger charge is -2.06. The zero-order chi connectivity index (χ0) is 13.8. The number of pyridine rings is 1. The molecule has 0 N–H and O–H groups in total. The number of hydrogen-bond donors (Lipinski definition) is 0. The average Bonchev–Trinajstić information content (AvgIpc) is 2.53. The van der Waals surface area contributed by atoms with Crippen LogP contribution in [0.3, 0.4) is 0 Å². The second-order valence-electron chi connectivity index (χ2n) is 4.44. The highest BCUT2D eigenvalue weighted by Gasteiger charge is 2.12. The van der Waals surface area contributed by atoms with E-state index >= 15 is 0 Å². The quantitative estimate of drug-likeness (QED) is 0.678. The normalized spacial score (nSPS) is 10.4. The molecule has 0 aliphatic heterocycles. The zero-order valence-corrected chi connectivity index (χ0v) is 10.8. The van der Waals surface area contributed by atoms with Gasteiger partial charge in [-0.3, -0.25) is 0 Å². The lowest BCUT2D eigenvalue weighted by Crippen LogP contribution is -2.08. The average molecular weight is 263 g/mol. The van der Waals surface area contributed by atoms with Gasteiger partial charge in [0.2, 0.25) is 0 Å². The van der Waals surface area contributed by atoms with Crippen LogP contribution in [0.5, 0.6) is 0 Å². The van der Waals surface area contributed by atoms with E-state index in [2.05, 4.69) is 4.98 Å².